The number of hydrogen-bond acceptors (Lipinski definition) is 2. The standard InChI is InChI=1S/C12H16ClNO2/c1-8(13)12(15)14-9(2)10-6-4-5-7-11(10)16-3/h4-9H,1-3H3,(H,14,15)/t8?,9-/m0/s1. The van der Waals surface area contributed by atoms with Gasteiger partial charge in [-0.05, 0) is 19.9 Å². The highest BCUT2D eigenvalue weighted by Crippen LogP contribution is 2.24. The van der Waals surface area contributed by atoms with Crippen LogP contribution < -0.4 is 10.1 Å². The molecule has 0 heterocycles. The minimum atomic E-state index is -0.530. The fourth-order valence-electron chi connectivity index (χ4n) is 1.43. The number of para-hydroxylation sites is 1. The first-order chi connectivity index (χ1) is 7.56. The SMILES string of the molecule is COc1ccccc1[C@H](C)NC(=O)C(C)Cl. The van der Waals surface area contributed by atoms with Gasteiger partial charge in [0.05, 0.1) is 13.2 Å². The summed E-state index contributed by atoms with van der Waals surface area (Å²) in [6.07, 6.45) is 0. The summed E-state index contributed by atoms with van der Waals surface area (Å²) in [6, 6.07) is 7.46. The van der Waals surface area contributed by atoms with Crippen LogP contribution in [0.2, 0.25) is 0 Å². The molecule has 1 N–H and O–H groups in total. The fraction of sp³-hybridized carbons (Fsp3) is 0.417. The molecule has 2 atom stereocenters. The van der Waals surface area contributed by atoms with Crippen molar-refractivity contribution in [1.82, 2.24) is 5.32 Å². The van der Waals surface area contributed by atoms with E-state index in [0.29, 0.717) is 0 Å². The zero-order chi connectivity index (χ0) is 12.1. The first-order valence-corrected chi connectivity index (χ1v) is 5.57. The quantitative estimate of drug-likeness (QED) is 0.823. The average Bonchev–Trinajstić information content (AvgIpc) is 2.28. The highest BCUT2D eigenvalue weighted by atomic mass is 35.5. The Morgan fingerprint density at radius 2 is 2.00 bits per heavy atom. The molecule has 16 heavy (non-hydrogen) atoms. The zero-order valence-electron chi connectivity index (χ0n) is 9.66. The molecule has 0 spiro atoms. The predicted octanol–water partition coefficient (Wildman–Crippen LogP) is 2.50. The van der Waals surface area contributed by atoms with E-state index in [1.165, 1.54) is 0 Å². The lowest BCUT2D eigenvalue weighted by Gasteiger charge is -2.17. The maximum Gasteiger partial charge on any atom is 0.238 e. The lowest BCUT2D eigenvalue weighted by Crippen LogP contribution is -2.32. The lowest BCUT2D eigenvalue weighted by molar-refractivity contribution is -0.121. The Morgan fingerprint density at radius 3 is 2.56 bits per heavy atom. The summed E-state index contributed by atoms with van der Waals surface area (Å²) in [6.45, 7) is 3.54. The maximum absolute atomic E-state index is 11.4. The van der Waals surface area contributed by atoms with E-state index < -0.39 is 5.38 Å². The second-order valence-electron chi connectivity index (χ2n) is 3.59. The van der Waals surface area contributed by atoms with Crippen LogP contribution in [0.3, 0.4) is 0 Å². The Balaban J connectivity index is 2.80. The molecule has 0 saturated carbocycles. The van der Waals surface area contributed by atoms with Crippen molar-refractivity contribution < 1.29 is 9.53 Å². The third-order valence-electron chi connectivity index (χ3n) is 2.33. The molecule has 1 rings (SSSR count). The molecule has 0 fully saturated rings. The monoisotopic (exact) mass is 241 g/mol. The second kappa shape index (κ2) is 5.75. The Morgan fingerprint density at radius 1 is 1.38 bits per heavy atom. The Hall–Kier alpha value is -1.22. The van der Waals surface area contributed by atoms with Crippen LogP contribution in [0.5, 0.6) is 5.75 Å². The number of nitrogens with one attached hydrogen (secondary N) is 1. The van der Waals surface area contributed by atoms with Crippen LogP contribution in [0.25, 0.3) is 0 Å². The molecule has 88 valence electrons. The van der Waals surface area contributed by atoms with Gasteiger partial charge in [-0.15, -0.1) is 11.6 Å². The van der Waals surface area contributed by atoms with Gasteiger partial charge in [-0.25, -0.2) is 0 Å². The van der Waals surface area contributed by atoms with E-state index in [4.69, 9.17) is 16.3 Å². The van der Waals surface area contributed by atoms with Crippen LogP contribution in [0, 0.1) is 0 Å². The Kier molecular flexibility index (Phi) is 4.62. The van der Waals surface area contributed by atoms with Crippen LogP contribution in [0.15, 0.2) is 24.3 Å². The van der Waals surface area contributed by atoms with Crippen molar-refractivity contribution >= 4 is 17.5 Å². The second-order valence-corrected chi connectivity index (χ2v) is 4.24. The molecule has 0 aliphatic heterocycles. The predicted molar refractivity (Wildman–Crippen MR) is 64.9 cm³/mol. The van der Waals surface area contributed by atoms with Crippen molar-refractivity contribution in [2.75, 3.05) is 7.11 Å². The number of amides is 1. The summed E-state index contributed by atoms with van der Waals surface area (Å²) in [7, 11) is 1.61. The van der Waals surface area contributed by atoms with E-state index >= 15 is 0 Å². The van der Waals surface area contributed by atoms with Crippen LogP contribution >= 0.6 is 11.6 Å². The summed E-state index contributed by atoms with van der Waals surface area (Å²) in [5.41, 5.74) is 0.940. The molecule has 0 aliphatic rings. The summed E-state index contributed by atoms with van der Waals surface area (Å²) in [5.74, 6) is 0.581. The van der Waals surface area contributed by atoms with E-state index in [1.807, 2.05) is 31.2 Å². The highest BCUT2D eigenvalue weighted by molar-refractivity contribution is 6.30. The van der Waals surface area contributed by atoms with Crippen molar-refractivity contribution in [3.8, 4) is 5.75 Å². The average molecular weight is 242 g/mol. The molecular formula is C12H16ClNO2. The molecule has 0 aliphatic carbocycles. The summed E-state index contributed by atoms with van der Waals surface area (Å²) < 4.78 is 5.22. The maximum atomic E-state index is 11.4. The Bertz CT molecular complexity index is 366. The van der Waals surface area contributed by atoms with E-state index in [9.17, 15) is 4.79 Å². The molecule has 0 bridgehead atoms. The minimum Gasteiger partial charge on any atom is -0.496 e. The molecule has 1 amide bonds. The van der Waals surface area contributed by atoms with E-state index in [1.54, 1.807) is 14.0 Å². The number of halogens is 1. The number of carbonyl (C=O) groups is 1. The zero-order valence-corrected chi connectivity index (χ0v) is 10.4. The van der Waals surface area contributed by atoms with Crippen molar-refractivity contribution in [2.45, 2.75) is 25.3 Å². The van der Waals surface area contributed by atoms with Crippen LogP contribution in [0.4, 0.5) is 0 Å². The number of hydrogen-bond donors (Lipinski definition) is 1. The number of ether oxygens (including phenoxy) is 1. The molecule has 3 nitrogen and oxygen atoms in total. The number of carbonyl (C=O) groups excluding carboxylic acids is 1. The molecule has 0 aromatic heterocycles. The van der Waals surface area contributed by atoms with Crippen molar-refractivity contribution in [3.63, 3.8) is 0 Å². The van der Waals surface area contributed by atoms with Crippen LogP contribution in [-0.2, 0) is 4.79 Å². The van der Waals surface area contributed by atoms with Gasteiger partial charge in [0.15, 0.2) is 0 Å². The first kappa shape index (κ1) is 12.8. The van der Waals surface area contributed by atoms with Crippen molar-refractivity contribution in [2.24, 2.45) is 0 Å². The Labute approximate surface area is 101 Å². The summed E-state index contributed by atoms with van der Waals surface area (Å²) >= 11 is 5.69. The largest absolute Gasteiger partial charge is 0.496 e. The van der Waals surface area contributed by atoms with Gasteiger partial charge in [-0.1, -0.05) is 18.2 Å². The highest BCUT2D eigenvalue weighted by Gasteiger charge is 2.16. The van der Waals surface area contributed by atoms with Gasteiger partial charge in [0.1, 0.15) is 11.1 Å². The minimum absolute atomic E-state index is 0.121. The molecule has 0 radical (unpaired) electrons. The van der Waals surface area contributed by atoms with Gasteiger partial charge in [-0.3, -0.25) is 4.79 Å². The summed E-state index contributed by atoms with van der Waals surface area (Å²) in [4.78, 5) is 11.4. The molecule has 4 heteroatoms. The van der Waals surface area contributed by atoms with Gasteiger partial charge in [0, 0.05) is 5.56 Å². The molecule has 1 unspecified atom stereocenters. The van der Waals surface area contributed by atoms with E-state index in [0.717, 1.165) is 11.3 Å². The third-order valence-corrected chi connectivity index (χ3v) is 2.52. The molecule has 1 aromatic carbocycles. The van der Waals surface area contributed by atoms with Gasteiger partial charge >= 0.3 is 0 Å². The van der Waals surface area contributed by atoms with Crippen molar-refractivity contribution in [3.05, 3.63) is 29.8 Å². The number of alkyl halides is 1. The van der Waals surface area contributed by atoms with Crippen molar-refractivity contribution in [1.29, 1.82) is 0 Å². The first-order valence-electron chi connectivity index (χ1n) is 5.13. The number of benzene rings is 1. The number of rotatable bonds is 4. The van der Waals surface area contributed by atoms with Gasteiger partial charge in [0.2, 0.25) is 5.91 Å². The molecule has 0 saturated heterocycles. The molecular weight excluding hydrogens is 226 g/mol. The molecule has 1 aromatic rings. The van der Waals surface area contributed by atoms with Gasteiger partial charge in [0.25, 0.3) is 0 Å². The van der Waals surface area contributed by atoms with E-state index in [2.05, 4.69) is 5.32 Å². The van der Waals surface area contributed by atoms with Crippen LogP contribution in [-0.4, -0.2) is 18.4 Å². The fourth-order valence-corrected chi connectivity index (χ4v) is 1.49. The van der Waals surface area contributed by atoms with E-state index in [-0.39, 0.29) is 11.9 Å². The van der Waals surface area contributed by atoms with Gasteiger partial charge in [-0.2, -0.15) is 0 Å². The van der Waals surface area contributed by atoms with Crippen LogP contribution in [0.1, 0.15) is 25.5 Å². The topological polar surface area (TPSA) is 38.3 Å². The third kappa shape index (κ3) is 3.14. The summed E-state index contributed by atoms with van der Waals surface area (Å²) in [5, 5.41) is 2.29. The lowest BCUT2D eigenvalue weighted by atomic mass is 10.1. The smallest absolute Gasteiger partial charge is 0.238 e. The normalized spacial score (nSPS) is 14.0. The number of methoxy groups -OCH3 is 1. The van der Waals surface area contributed by atoms with Gasteiger partial charge < -0.3 is 10.1 Å².